The van der Waals surface area contributed by atoms with E-state index in [0.29, 0.717) is 0 Å². The van der Waals surface area contributed by atoms with Gasteiger partial charge in [0.05, 0.1) is 0 Å². The summed E-state index contributed by atoms with van der Waals surface area (Å²) in [6.07, 6.45) is 0. The van der Waals surface area contributed by atoms with Crippen molar-refractivity contribution in [3.8, 4) is 0 Å². The van der Waals surface area contributed by atoms with E-state index in [2.05, 4.69) is 0 Å². The van der Waals surface area contributed by atoms with Gasteiger partial charge < -0.3 is 74.4 Å². The van der Waals surface area contributed by atoms with Crippen molar-refractivity contribution in [2.45, 2.75) is 0 Å². The predicted octanol–water partition coefficient (Wildman–Crippen LogP) is -18.0. The maximum atomic E-state index is 0. The number of hydrogen-bond acceptors (Lipinski definition) is 0. The molecule has 0 N–H and O–H groups in total. The van der Waals surface area contributed by atoms with Crippen LogP contribution in [0.5, 0.6) is 0 Å². The maximum Gasteiger partial charge on any atom is 6.00 e. The van der Waals surface area contributed by atoms with Gasteiger partial charge in [0.15, 0.2) is 0 Å². The maximum absolute atomic E-state index is 0. The zero-order valence-corrected chi connectivity index (χ0v) is 9.22. The Morgan fingerprint density at radius 1 is 0.286 bits per heavy atom. The molecule has 0 aliphatic heterocycles. The molecule has 0 amide bonds. The van der Waals surface area contributed by atoms with E-state index in [-0.39, 0.29) is 95.5 Å². The second-order valence-electron chi connectivity index (χ2n) is 0. The minimum Gasteiger partial charge on any atom is -1.00 e. The first kappa shape index (κ1) is 114. The van der Waals surface area contributed by atoms with E-state index in [4.69, 9.17) is 0 Å². The molecule has 0 bridgehead atoms. The fourth-order valence-corrected chi connectivity index (χ4v) is 0. The Bertz CT molecular complexity index is 4.14. The van der Waals surface area contributed by atoms with Crippen LogP contribution < -0.4 is 74.4 Å². The molecule has 0 unspecified atom stereocenters. The SMILES string of the molecule is [Cl-].[Cl-].[Cl-].[Cl-].[Cl-].[Cl-].[Mo+6]. The molecule has 0 saturated heterocycles. The minimum atomic E-state index is 0. The summed E-state index contributed by atoms with van der Waals surface area (Å²) in [5, 5.41) is 0. The van der Waals surface area contributed by atoms with E-state index in [1.54, 1.807) is 0 Å². The van der Waals surface area contributed by atoms with Gasteiger partial charge in [-0.15, -0.1) is 0 Å². The largest absolute Gasteiger partial charge is 6.00 e. The first-order chi connectivity index (χ1) is 0. The topological polar surface area (TPSA) is 0 Å². The van der Waals surface area contributed by atoms with Crippen LogP contribution in [0, 0.1) is 0 Å². The van der Waals surface area contributed by atoms with Gasteiger partial charge in [0.25, 0.3) is 0 Å². The second-order valence-corrected chi connectivity index (χ2v) is 0. The van der Waals surface area contributed by atoms with E-state index in [9.17, 15) is 0 Å². The van der Waals surface area contributed by atoms with Crippen molar-refractivity contribution in [2.24, 2.45) is 0 Å². The Labute approximate surface area is 94.7 Å². The van der Waals surface area contributed by atoms with Crippen molar-refractivity contribution in [3.63, 3.8) is 0 Å². The Morgan fingerprint density at radius 2 is 0.286 bits per heavy atom. The fraction of sp³-hybridized carbons (Fsp3) is 0. The molecule has 0 rings (SSSR count). The molecule has 0 nitrogen and oxygen atoms in total. The van der Waals surface area contributed by atoms with E-state index in [0.717, 1.165) is 0 Å². The van der Waals surface area contributed by atoms with Crippen molar-refractivity contribution in [3.05, 3.63) is 0 Å². The molecule has 0 heterocycles. The summed E-state index contributed by atoms with van der Waals surface area (Å²) in [4.78, 5) is 0. The second kappa shape index (κ2) is 78.9. The average molecular weight is 309 g/mol. The third-order valence-corrected chi connectivity index (χ3v) is 0. The van der Waals surface area contributed by atoms with Crippen LogP contribution in [-0.2, 0) is 21.1 Å². The van der Waals surface area contributed by atoms with E-state index in [1.165, 1.54) is 0 Å². The summed E-state index contributed by atoms with van der Waals surface area (Å²) in [6.45, 7) is 0. The van der Waals surface area contributed by atoms with E-state index >= 15 is 0 Å². The van der Waals surface area contributed by atoms with Crippen molar-refractivity contribution in [1.29, 1.82) is 0 Å². The van der Waals surface area contributed by atoms with Gasteiger partial charge in [-0.1, -0.05) is 0 Å². The summed E-state index contributed by atoms with van der Waals surface area (Å²) in [6, 6.07) is 0. The van der Waals surface area contributed by atoms with Crippen LogP contribution in [0.1, 0.15) is 0 Å². The first-order valence-electron chi connectivity index (χ1n) is 0. The molecule has 0 fully saturated rings. The van der Waals surface area contributed by atoms with Crippen molar-refractivity contribution in [1.82, 2.24) is 0 Å². The average Bonchev–Trinajstić information content (AvgIpc) is 0. The fourth-order valence-electron chi connectivity index (χ4n) is 0. The molecule has 0 spiro atoms. The van der Waals surface area contributed by atoms with E-state index < -0.39 is 0 Å². The molecule has 0 atom stereocenters. The zero-order valence-electron chi connectivity index (χ0n) is 2.68. The van der Waals surface area contributed by atoms with Gasteiger partial charge in [0.1, 0.15) is 0 Å². The van der Waals surface area contributed by atoms with Crippen LogP contribution in [0.3, 0.4) is 0 Å². The van der Waals surface area contributed by atoms with Crippen LogP contribution in [0.25, 0.3) is 0 Å². The minimum absolute atomic E-state index is 0. The van der Waals surface area contributed by atoms with Crippen molar-refractivity contribution < 1.29 is 95.5 Å². The number of rotatable bonds is 0. The van der Waals surface area contributed by atoms with Crippen molar-refractivity contribution in [2.75, 3.05) is 0 Å². The zero-order chi connectivity index (χ0) is 0. The van der Waals surface area contributed by atoms with Gasteiger partial charge in [-0.25, -0.2) is 0 Å². The first-order valence-corrected chi connectivity index (χ1v) is 0. The normalized spacial score (nSPS) is 0. The molecular formula is Cl6Mo. The summed E-state index contributed by atoms with van der Waals surface area (Å²) in [7, 11) is 0. The number of hydrogen-bond donors (Lipinski definition) is 0. The molecule has 0 radical (unpaired) electrons. The molecular weight excluding hydrogens is 309 g/mol. The molecule has 0 saturated carbocycles. The van der Waals surface area contributed by atoms with Gasteiger partial charge in [0, 0.05) is 0 Å². The Kier molecular flexibility index (Phi) is 1280. The molecule has 0 aromatic carbocycles. The van der Waals surface area contributed by atoms with Gasteiger partial charge >= 0.3 is 21.1 Å². The molecule has 7 heteroatoms. The molecule has 0 aromatic heterocycles. The van der Waals surface area contributed by atoms with Crippen molar-refractivity contribution >= 4 is 0 Å². The Hall–Kier alpha value is 2.43. The summed E-state index contributed by atoms with van der Waals surface area (Å²) in [5.41, 5.74) is 0. The predicted molar refractivity (Wildman–Crippen MR) is 0 cm³/mol. The van der Waals surface area contributed by atoms with Gasteiger partial charge in [-0.3, -0.25) is 0 Å². The molecule has 7 heavy (non-hydrogen) atoms. The monoisotopic (exact) mass is 308 g/mol. The van der Waals surface area contributed by atoms with Crippen LogP contribution >= 0.6 is 0 Å². The quantitative estimate of drug-likeness (QED) is 0.390. The molecule has 0 aromatic rings. The summed E-state index contributed by atoms with van der Waals surface area (Å²) >= 11 is 0. The number of halogens is 6. The van der Waals surface area contributed by atoms with Crippen LogP contribution in [0.2, 0.25) is 0 Å². The summed E-state index contributed by atoms with van der Waals surface area (Å²) < 4.78 is 0. The summed E-state index contributed by atoms with van der Waals surface area (Å²) in [5.74, 6) is 0. The van der Waals surface area contributed by atoms with Crippen LogP contribution in [-0.4, -0.2) is 0 Å². The van der Waals surface area contributed by atoms with Gasteiger partial charge in [0.2, 0.25) is 0 Å². The van der Waals surface area contributed by atoms with Gasteiger partial charge in [-0.05, 0) is 0 Å². The van der Waals surface area contributed by atoms with Crippen LogP contribution in [0.4, 0.5) is 0 Å². The van der Waals surface area contributed by atoms with Gasteiger partial charge in [-0.2, -0.15) is 0 Å². The smallest absolute Gasteiger partial charge is 1.00 e. The van der Waals surface area contributed by atoms with E-state index in [1.807, 2.05) is 0 Å². The third kappa shape index (κ3) is 59.1. The Balaban J connectivity index is 0. The standard InChI is InChI=1S/6ClH.Mo/h6*1H;/q;;;;;;+6/p-6. The third-order valence-electron chi connectivity index (χ3n) is 0. The van der Waals surface area contributed by atoms with Crippen LogP contribution in [0.15, 0.2) is 0 Å². The molecule has 0 aliphatic carbocycles. The molecule has 48 valence electrons. The molecule has 0 aliphatic rings. The Morgan fingerprint density at radius 3 is 0.286 bits per heavy atom.